The first kappa shape index (κ1) is 22.6. The van der Waals surface area contributed by atoms with Crippen LogP contribution in [-0.4, -0.2) is 36.7 Å². The summed E-state index contributed by atoms with van der Waals surface area (Å²) in [6, 6.07) is 7.63. The van der Waals surface area contributed by atoms with Crippen LogP contribution in [0.5, 0.6) is 5.75 Å². The minimum Gasteiger partial charge on any atom is -0.492 e. The number of piperidine rings is 1. The van der Waals surface area contributed by atoms with Gasteiger partial charge in [-0.2, -0.15) is 0 Å². The van der Waals surface area contributed by atoms with Gasteiger partial charge < -0.3 is 9.47 Å². The van der Waals surface area contributed by atoms with E-state index in [1.54, 1.807) is 0 Å². The van der Waals surface area contributed by atoms with Crippen molar-refractivity contribution in [2.45, 2.75) is 52.6 Å². The average Bonchev–Trinajstić information content (AvgIpc) is 2.69. The summed E-state index contributed by atoms with van der Waals surface area (Å²) in [7, 11) is 0. The van der Waals surface area contributed by atoms with Crippen molar-refractivity contribution < 1.29 is 9.47 Å². The molecule has 1 aromatic rings. The van der Waals surface area contributed by atoms with Gasteiger partial charge in [0.2, 0.25) is 0 Å². The summed E-state index contributed by atoms with van der Waals surface area (Å²) in [5.74, 6) is 1.81. The fourth-order valence-electron chi connectivity index (χ4n) is 3.09. The lowest BCUT2D eigenvalue weighted by Gasteiger charge is -2.39. The molecule has 0 unspecified atom stereocenters. The van der Waals surface area contributed by atoms with E-state index in [-0.39, 0.29) is 5.60 Å². The molecule has 1 aromatic carbocycles. The van der Waals surface area contributed by atoms with Gasteiger partial charge in [-0.3, -0.25) is 4.90 Å². The lowest BCUT2D eigenvalue weighted by molar-refractivity contribution is 0.0112. The first-order valence-electron chi connectivity index (χ1n) is 10.2. The van der Waals surface area contributed by atoms with Crippen LogP contribution in [0.4, 0.5) is 0 Å². The van der Waals surface area contributed by atoms with Crippen LogP contribution in [0.25, 0.3) is 0 Å². The highest BCUT2D eigenvalue weighted by Gasteiger charge is 2.31. The molecule has 1 heterocycles. The molecule has 4 heteroatoms. The van der Waals surface area contributed by atoms with Gasteiger partial charge in [0.1, 0.15) is 23.7 Å². The van der Waals surface area contributed by atoms with E-state index >= 15 is 0 Å². The Bertz CT molecular complexity index is 683. The molecule has 0 spiro atoms. The van der Waals surface area contributed by atoms with E-state index in [4.69, 9.17) is 21.1 Å². The molecule has 0 aromatic heterocycles. The molecule has 1 aliphatic rings. The van der Waals surface area contributed by atoms with E-state index in [1.165, 1.54) is 5.57 Å². The second-order valence-corrected chi connectivity index (χ2v) is 8.07. The molecule has 2 rings (SSSR count). The minimum atomic E-state index is -0.121. The zero-order valence-electron chi connectivity index (χ0n) is 17.7. The van der Waals surface area contributed by atoms with E-state index in [0.717, 1.165) is 55.4 Å². The van der Waals surface area contributed by atoms with Gasteiger partial charge in [-0.25, -0.2) is 0 Å². The van der Waals surface area contributed by atoms with Gasteiger partial charge >= 0.3 is 0 Å². The Morgan fingerprint density at radius 2 is 1.86 bits per heavy atom. The number of rotatable bonds is 9. The summed E-state index contributed by atoms with van der Waals surface area (Å²) in [6.45, 7) is 12.2. The number of allylic oxidation sites excluding steroid dienone is 5. The van der Waals surface area contributed by atoms with Gasteiger partial charge in [0.05, 0.1) is 0 Å². The second kappa shape index (κ2) is 11.3. The van der Waals surface area contributed by atoms with Gasteiger partial charge in [0, 0.05) is 24.7 Å². The van der Waals surface area contributed by atoms with Crippen LogP contribution in [0, 0.1) is 0 Å². The fraction of sp³-hybridized carbons (Fsp3) is 0.500. The lowest BCUT2D eigenvalue weighted by atomic mass is 9.93. The third-order valence-electron chi connectivity index (χ3n) is 5.19. The summed E-state index contributed by atoms with van der Waals surface area (Å²) in [5.41, 5.74) is 1.23. The fourth-order valence-corrected chi connectivity index (χ4v) is 3.22. The minimum absolute atomic E-state index is 0.121. The summed E-state index contributed by atoms with van der Waals surface area (Å²) >= 11 is 5.96. The van der Waals surface area contributed by atoms with Gasteiger partial charge in [-0.1, -0.05) is 36.2 Å². The van der Waals surface area contributed by atoms with Crippen molar-refractivity contribution in [3.05, 3.63) is 64.9 Å². The maximum Gasteiger partial charge on any atom is 0.120 e. The smallest absolute Gasteiger partial charge is 0.120 e. The number of nitrogens with zero attached hydrogens (tertiary/aromatic N) is 1. The van der Waals surface area contributed by atoms with Crippen molar-refractivity contribution >= 4 is 11.6 Å². The largest absolute Gasteiger partial charge is 0.492 e. The van der Waals surface area contributed by atoms with Crippen LogP contribution in [0.2, 0.25) is 5.02 Å². The Morgan fingerprint density at radius 1 is 1.18 bits per heavy atom. The van der Waals surface area contributed by atoms with E-state index < -0.39 is 0 Å². The molecule has 0 saturated carbocycles. The highest BCUT2D eigenvalue weighted by molar-refractivity contribution is 6.30. The highest BCUT2D eigenvalue weighted by atomic mass is 35.5. The Kier molecular flexibility index (Phi) is 9.14. The quantitative estimate of drug-likeness (QED) is 0.351. The van der Waals surface area contributed by atoms with Crippen molar-refractivity contribution in [1.29, 1.82) is 0 Å². The summed E-state index contributed by atoms with van der Waals surface area (Å²) in [4.78, 5) is 2.45. The third-order valence-corrected chi connectivity index (χ3v) is 5.44. The predicted molar refractivity (Wildman–Crippen MR) is 119 cm³/mol. The van der Waals surface area contributed by atoms with Gasteiger partial charge in [0.25, 0.3) is 0 Å². The zero-order chi connectivity index (χ0) is 20.4. The molecule has 0 radical (unpaired) electrons. The molecular weight excluding hydrogens is 370 g/mol. The third kappa shape index (κ3) is 7.73. The number of likely N-dealkylation sites (tertiary alicyclic amines) is 1. The average molecular weight is 404 g/mol. The van der Waals surface area contributed by atoms with Crippen LogP contribution in [0.15, 0.2) is 59.9 Å². The van der Waals surface area contributed by atoms with Crippen molar-refractivity contribution in [1.82, 2.24) is 4.90 Å². The molecule has 1 fully saturated rings. The van der Waals surface area contributed by atoms with Crippen LogP contribution >= 0.6 is 11.6 Å². The molecule has 0 N–H and O–H groups in total. The molecular formula is C24H34ClNO2. The lowest BCUT2D eigenvalue weighted by Crippen LogP contribution is -2.46. The number of benzene rings is 1. The van der Waals surface area contributed by atoms with Crippen LogP contribution < -0.4 is 4.74 Å². The summed E-state index contributed by atoms with van der Waals surface area (Å²) < 4.78 is 12.2. The van der Waals surface area contributed by atoms with Gasteiger partial charge in [-0.15, -0.1) is 0 Å². The summed E-state index contributed by atoms with van der Waals surface area (Å²) in [6.07, 6.45) is 11.3. The van der Waals surface area contributed by atoms with Crippen LogP contribution in [-0.2, 0) is 4.74 Å². The predicted octanol–water partition coefficient (Wildman–Crippen LogP) is 6.41. The van der Waals surface area contributed by atoms with Crippen LogP contribution in [0.3, 0.4) is 0 Å². The van der Waals surface area contributed by atoms with E-state index in [0.29, 0.717) is 6.61 Å². The molecule has 3 nitrogen and oxygen atoms in total. The molecule has 154 valence electrons. The Morgan fingerprint density at radius 3 is 2.46 bits per heavy atom. The Labute approximate surface area is 175 Å². The van der Waals surface area contributed by atoms with E-state index in [9.17, 15) is 0 Å². The molecule has 0 aliphatic carbocycles. The SMILES string of the molecule is C\C=C/C(=C\C=C(/C)CC)OCCN1CCC(C)(Oc2ccc(Cl)cc2)CC1. The number of hydrogen-bond acceptors (Lipinski definition) is 3. The Balaban J connectivity index is 1.77. The summed E-state index contributed by atoms with van der Waals surface area (Å²) in [5, 5.41) is 0.735. The number of ether oxygens (including phenoxy) is 2. The van der Waals surface area contributed by atoms with E-state index in [2.05, 4.69) is 37.8 Å². The van der Waals surface area contributed by atoms with Crippen molar-refractivity contribution in [2.75, 3.05) is 26.2 Å². The topological polar surface area (TPSA) is 21.7 Å². The van der Waals surface area contributed by atoms with Gasteiger partial charge in [-0.05, 0) is 76.5 Å². The van der Waals surface area contributed by atoms with Crippen LogP contribution in [0.1, 0.15) is 47.0 Å². The second-order valence-electron chi connectivity index (χ2n) is 7.63. The first-order chi connectivity index (χ1) is 13.4. The maximum atomic E-state index is 6.24. The molecule has 0 atom stereocenters. The normalized spacial score (nSPS) is 18.5. The molecule has 0 amide bonds. The zero-order valence-corrected chi connectivity index (χ0v) is 18.5. The van der Waals surface area contributed by atoms with Crippen molar-refractivity contribution in [3.63, 3.8) is 0 Å². The molecule has 1 aliphatic heterocycles. The molecule has 0 bridgehead atoms. The number of halogens is 1. The van der Waals surface area contributed by atoms with E-state index in [1.807, 2.05) is 43.3 Å². The Hall–Kier alpha value is -1.71. The van der Waals surface area contributed by atoms with Gasteiger partial charge in [0.15, 0.2) is 0 Å². The monoisotopic (exact) mass is 403 g/mol. The maximum absolute atomic E-state index is 6.24. The molecule has 28 heavy (non-hydrogen) atoms. The van der Waals surface area contributed by atoms with Crippen molar-refractivity contribution in [3.8, 4) is 5.75 Å². The molecule has 1 saturated heterocycles. The number of hydrogen-bond donors (Lipinski definition) is 0. The highest BCUT2D eigenvalue weighted by Crippen LogP contribution is 2.29. The first-order valence-corrected chi connectivity index (χ1v) is 10.6. The standard InChI is InChI=1S/C24H34ClNO2/c1-5-7-22(11-8-20(3)6-2)27-19-18-26-16-14-24(4,15-17-26)28-23-12-9-21(25)10-13-23/h5,7-13H,6,14-19H2,1-4H3/b7-5-,20-8+,22-11+. The van der Waals surface area contributed by atoms with Crippen molar-refractivity contribution in [2.24, 2.45) is 0 Å².